The summed E-state index contributed by atoms with van der Waals surface area (Å²) >= 11 is 1.63. The van der Waals surface area contributed by atoms with Gasteiger partial charge in [0, 0.05) is 17.2 Å². The van der Waals surface area contributed by atoms with E-state index in [2.05, 4.69) is 15.1 Å². The lowest BCUT2D eigenvalue weighted by molar-refractivity contribution is 0.364. The second-order valence-corrected chi connectivity index (χ2v) is 6.20. The lowest BCUT2D eigenvalue weighted by Crippen LogP contribution is -2.34. The number of aryl methyl sites for hydroxylation is 1. The van der Waals surface area contributed by atoms with Crippen LogP contribution in [0.25, 0.3) is 12.2 Å². The zero-order chi connectivity index (χ0) is 13.3. The number of nitrogens with two attached hydrogens (primary N) is 1. The molecule has 0 amide bonds. The summed E-state index contributed by atoms with van der Waals surface area (Å²) in [6, 6.07) is 0. The quantitative estimate of drug-likeness (QED) is 0.942. The van der Waals surface area contributed by atoms with Gasteiger partial charge in [0.1, 0.15) is 0 Å². The molecule has 0 saturated heterocycles. The summed E-state index contributed by atoms with van der Waals surface area (Å²) in [5.41, 5.74) is 5.90. The van der Waals surface area contributed by atoms with Crippen LogP contribution in [0.15, 0.2) is 10.7 Å². The van der Waals surface area contributed by atoms with Gasteiger partial charge >= 0.3 is 0 Å². The first-order valence-corrected chi connectivity index (χ1v) is 7.21. The van der Waals surface area contributed by atoms with Gasteiger partial charge in [-0.3, -0.25) is 0 Å². The molecule has 0 bridgehead atoms. The summed E-state index contributed by atoms with van der Waals surface area (Å²) in [5, 5.41) is 5.05. The Morgan fingerprint density at radius 3 is 2.75 bits per heavy atom. The van der Waals surface area contributed by atoms with E-state index in [9.17, 15) is 0 Å². The maximum atomic E-state index is 6.29. The standard InChI is InChI=1S/C13H16N4OS.ClH/c1-9-15-8-10(19-9)4-5-11-16-12(17-18-11)13(14)6-2-3-7-13;/h4-5,8H,2-3,6-7,14H2,1H3;1H/b5-4+;. The Kier molecular flexibility index (Phi) is 4.57. The van der Waals surface area contributed by atoms with Crippen molar-refractivity contribution >= 4 is 35.9 Å². The predicted molar refractivity (Wildman–Crippen MR) is 81.7 cm³/mol. The van der Waals surface area contributed by atoms with Gasteiger partial charge < -0.3 is 10.3 Å². The summed E-state index contributed by atoms with van der Waals surface area (Å²) in [6.07, 6.45) is 9.71. The second kappa shape index (κ2) is 6.03. The number of thiazole rings is 1. The molecule has 1 fully saturated rings. The van der Waals surface area contributed by atoms with E-state index in [1.54, 1.807) is 11.3 Å². The van der Waals surface area contributed by atoms with Gasteiger partial charge in [-0.1, -0.05) is 18.0 Å². The molecule has 20 heavy (non-hydrogen) atoms. The van der Waals surface area contributed by atoms with Crippen LogP contribution in [0.1, 0.15) is 47.3 Å². The minimum Gasteiger partial charge on any atom is -0.335 e. The van der Waals surface area contributed by atoms with Crippen molar-refractivity contribution < 1.29 is 4.52 Å². The minimum absolute atomic E-state index is 0. The molecule has 2 heterocycles. The first-order valence-electron chi connectivity index (χ1n) is 6.39. The highest BCUT2D eigenvalue weighted by atomic mass is 35.5. The molecule has 0 aliphatic heterocycles. The van der Waals surface area contributed by atoms with Crippen LogP contribution in [0.2, 0.25) is 0 Å². The Balaban J connectivity index is 0.00000147. The van der Waals surface area contributed by atoms with Crippen molar-refractivity contribution in [2.45, 2.75) is 38.1 Å². The van der Waals surface area contributed by atoms with E-state index in [0.717, 1.165) is 35.6 Å². The molecule has 108 valence electrons. The van der Waals surface area contributed by atoms with Crippen LogP contribution in [0, 0.1) is 6.92 Å². The number of halogens is 1. The molecule has 2 aromatic rings. The Morgan fingerprint density at radius 2 is 2.10 bits per heavy atom. The molecule has 2 aromatic heterocycles. The molecule has 1 saturated carbocycles. The zero-order valence-corrected chi connectivity index (χ0v) is 12.8. The molecule has 0 aromatic carbocycles. The van der Waals surface area contributed by atoms with E-state index >= 15 is 0 Å². The first-order chi connectivity index (χ1) is 9.16. The topological polar surface area (TPSA) is 77.8 Å². The fourth-order valence-electron chi connectivity index (χ4n) is 2.34. The second-order valence-electron chi connectivity index (χ2n) is 4.93. The molecular weight excluding hydrogens is 296 g/mol. The van der Waals surface area contributed by atoms with Crippen LogP contribution >= 0.6 is 23.7 Å². The maximum absolute atomic E-state index is 6.29. The molecule has 0 unspecified atom stereocenters. The average Bonchev–Trinajstić information content (AvgIpc) is 3.08. The number of hydrogen-bond acceptors (Lipinski definition) is 6. The molecule has 1 aliphatic rings. The smallest absolute Gasteiger partial charge is 0.250 e. The Hall–Kier alpha value is -1.24. The Labute approximate surface area is 127 Å². The van der Waals surface area contributed by atoms with Crippen LogP contribution in [0.3, 0.4) is 0 Å². The number of aromatic nitrogens is 3. The summed E-state index contributed by atoms with van der Waals surface area (Å²) < 4.78 is 5.23. The summed E-state index contributed by atoms with van der Waals surface area (Å²) in [6.45, 7) is 1.98. The summed E-state index contributed by atoms with van der Waals surface area (Å²) in [5.74, 6) is 1.13. The molecule has 3 rings (SSSR count). The van der Waals surface area contributed by atoms with E-state index in [-0.39, 0.29) is 12.4 Å². The molecule has 7 heteroatoms. The van der Waals surface area contributed by atoms with Crippen molar-refractivity contribution in [1.82, 2.24) is 15.1 Å². The summed E-state index contributed by atoms with van der Waals surface area (Å²) in [4.78, 5) is 9.64. The average molecular weight is 313 g/mol. The lowest BCUT2D eigenvalue weighted by Gasteiger charge is -2.17. The van der Waals surface area contributed by atoms with Crippen LogP contribution < -0.4 is 5.73 Å². The van der Waals surface area contributed by atoms with Gasteiger partial charge in [-0.25, -0.2) is 4.98 Å². The summed E-state index contributed by atoms with van der Waals surface area (Å²) in [7, 11) is 0. The van der Waals surface area contributed by atoms with Gasteiger partial charge in [-0.05, 0) is 25.8 Å². The van der Waals surface area contributed by atoms with E-state index < -0.39 is 5.54 Å². The number of hydrogen-bond donors (Lipinski definition) is 1. The SMILES string of the molecule is Cc1ncc(/C=C/c2nc(C3(N)CCCC3)no2)s1.Cl. The first kappa shape index (κ1) is 15.2. The van der Waals surface area contributed by atoms with Gasteiger partial charge in [-0.2, -0.15) is 4.98 Å². The molecular formula is C13H17ClN4OS. The zero-order valence-electron chi connectivity index (χ0n) is 11.2. The van der Waals surface area contributed by atoms with Crippen LogP contribution in [0.4, 0.5) is 0 Å². The predicted octanol–water partition coefficient (Wildman–Crippen LogP) is 3.15. The van der Waals surface area contributed by atoms with Gasteiger partial charge in [0.25, 0.3) is 5.89 Å². The highest BCUT2D eigenvalue weighted by molar-refractivity contribution is 7.12. The normalized spacial score (nSPS) is 17.5. The van der Waals surface area contributed by atoms with Gasteiger partial charge in [0.15, 0.2) is 5.82 Å². The van der Waals surface area contributed by atoms with Gasteiger partial charge in [0.2, 0.25) is 0 Å². The lowest BCUT2D eigenvalue weighted by atomic mass is 9.99. The molecule has 1 aliphatic carbocycles. The Morgan fingerprint density at radius 1 is 1.35 bits per heavy atom. The van der Waals surface area contributed by atoms with Crippen LogP contribution in [-0.4, -0.2) is 15.1 Å². The van der Waals surface area contributed by atoms with E-state index in [1.807, 2.05) is 25.3 Å². The van der Waals surface area contributed by atoms with Crippen molar-refractivity contribution in [2.24, 2.45) is 5.73 Å². The largest absolute Gasteiger partial charge is 0.335 e. The molecule has 0 radical (unpaired) electrons. The molecule has 5 nitrogen and oxygen atoms in total. The third kappa shape index (κ3) is 3.08. The monoisotopic (exact) mass is 312 g/mol. The maximum Gasteiger partial charge on any atom is 0.250 e. The van der Waals surface area contributed by atoms with Gasteiger partial charge in [0.05, 0.1) is 10.5 Å². The molecule has 2 N–H and O–H groups in total. The van der Waals surface area contributed by atoms with E-state index in [1.165, 1.54) is 0 Å². The molecule has 0 spiro atoms. The van der Waals surface area contributed by atoms with Crippen LogP contribution in [0.5, 0.6) is 0 Å². The van der Waals surface area contributed by atoms with Crippen LogP contribution in [-0.2, 0) is 5.54 Å². The fourth-order valence-corrected chi connectivity index (χ4v) is 3.03. The highest BCUT2D eigenvalue weighted by Crippen LogP contribution is 2.34. The van der Waals surface area contributed by atoms with Crippen molar-refractivity contribution in [1.29, 1.82) is 0 Å². The van der Waals surface area contributed by atoms with Crippen molar-refractivity contribution in [2.75, 3.05) is 0 Å². The third-order valence-electron chi connectivity index (χ3n) is 3.41. The minimum atomic E-state index is -0.392. The highest BCUT2D eigenvalue weighted by Gasteiger charge is 2.35. The van der Waals surface area contributed by atoms with Crippen molar-refractivity contribution in [3.63, 3.8) is 0 Å². The van der Waals surface area contributed by atoms with Crippen molar-refractivity contribution in [3.05, 3.63) is 27.8 Å². The van der Waals surface area contributed by atoms with Crippen molar-refractivity contribution in [3.8, 4) is 0 Å². The number of rotatable bonds is 3. The van der Waals surface area contributed by atoms with E-state index in [4.69, 9.17) is 10.3 Å². The Bertz CT molecular complexity index is 601. The third-order valence-corrected chi connectivity index (χ3v) is 4.29. The van der Waals surface area contributed by atoms with E-state index in [0.29, 0.717) is 11.7 Å². The fraction of sp³-hybridized carbons (Fsp3) is 0.462. The van der Waals surface area contributed by atoms with Gasteiger partial charge in [-0.15, -0.1) is 23.7 Å². The molecule has 0 atom stereocenters. The number of nitrogens with zero attached hydrogens (tertiary/aromatic N) is 3.